The van der Waals surface area contributed by atoms with Gasteiger partial charge in [0.15, 0.2) is 0 Å². The van der Waals surface area contributed by atoms with E-state index in [9.17, 15) is 0 Å². The van der Waals surface area contributed by atoms with Crippen LogP contribution in [-0.2, 0) is 9.47 Å². The van der Waals surface area contributed by atoms with Crippen molar-refractivity contribution in [1.29, 1.82) is 0 Å². The summed E-state index contributed by atoms with van der Waals surface area (Å²) < 4.78 is 10.4. The zero-order valence-electron chi connectivity index (χ0n) is 13.3. The second-order valence-electron chi connectivity index (χ2n) is 4.16. The normalized spacial score (nSPS) is 8.42. The van der Waals surface area contributed by atoms with Gasteiger partial charge in [0.25, 0.3) is 0 Å². The van der Waals surface area contributed by atoms with Crippen LogP contribution in [0, 0.1) is 47.4 Å². The molecule has 122 valence electrons. The second-order valence-corrected chi connectivity index (χ2v) is 4.16. The lowest BCUT2D eigenvalue weighted by molar-refractivity contribution is 0.204. The van der Waals surface area contributed by atoms with Crippen molar-refractivity contribution >= 4 is 0 Å². The fourth-order valence-corrected chi connectivity index (χ4v) is 1.48. The van der Waals surface area contributed by atoms with Crippen molar-refractivity contribution in [2.75, 3.05) is 39.6 Å². The molecule has 0 saturated heterocycles. The van der Waals surface area contributed by atoms with Crippen LogP contribution in [0.5, 0.6) is 0 Å². The van der Waals surface area contributed by atoms with Crippen molar-refractivity contribution < 1.29 is 19.7 Å². The number of hydrogen-bond acceptors (Lipinski definition) is 4. The van der Waals surface area contributed by atoms with Gasteiger partial charge in [-0.25, -0.2) is 0 Å². The van der Waals surface area contributed by atoms with Crippen LogP contribution in [0.15, 0.2) is 24.3 Å². The Morgan fingerprint density at radius 1 is 0.625 bits per heavy atom. The van der Waals surface area contributed by atoms with Crippen LogP contribution in [0.4, 0.5) is 0 Å². The number of ether oxygens (including phenoxy) is 2. The van der Waals surface area contributed by atoms with Crippen molar-refractivity contribution in [3.63, 3.8) is 0 Å². The van der Waals surface area contributed by atoms with Gasteiger partial charge in [0, 0.05) is 11.1 Å². The standard InChI is InChI=1S/C20H18O4/c21-13-3-5-15-23-17-7-11-19-9-1-2-10-20(19)12-8-18-24-16-6-4-14-22/h1-2,9-10,21-22H,13-18H2. The van der Waals surface area contributed by atoms with Crippen LogP contribution in [0.2, 0.25) is 0 Å². The van der Waals surface area contributed by atoms with E-state index in [0.29, 0.717) is 0 Å². The number of rotatable bonds is 4. The predicted octanol–water partition coefficient (Wildman–Crippen LogP) is 0.414. The molecule has 2 N–H and O–H groups in total. The first kappa shape index (κ1) is 19.3. The lowest BCUT2D eigenvalue weighted by Crippen LogP contribution is -1.93. The van der Waals surface area contributed by atoms with E-state index in [1.807, 2.05) is 24.3 Å². The van der Waals surface area contributed by atoms with Gasteiger partial charge in [0.1, 0.15) is 39.6 Å². The highest BCUT2D eigenvalue weighted by atomic mass is 16.5. The Morgan fingerprint density at radius 3 is 1.46 bits per heavy atom. The summed E-state index contributed by atoms with van der Waals surface area (Å²) in [5, 5.41) is 17.0. The van der Waals surface area contributed by atoms with Gasteiger partial charge in [-0.1, -0.05) is 59.5 Å². The summed E-state index contributed by atoms with van der Waals surface area (Å²) in [6, 6.07) is 7.56. The van der Waals surface area contributed by atoms with Gasteiger partial charge in [-0.15, -0.1) is 0 Å². The molecule has 0 aromatic heterocycles. The monoisotopic (exact) mass is 322 g/mol. The lowest BCUT2D eigenvalue weighted by Gasteiger charge is -1.96. The Labute approximate surface area is 142 Å². The fourth-order valence-electron chi connectivity index (χ4n) is 1.48. The number of benzene rings is 1. The fraction of sp³-hybridized carbons (Fsp3) is 0.300. The van der Waals surface area contributed by atoms with Crippen LogP contribution in [0.25, 0.3) is 0 Å². The molecule has 0 radical (unpaired) electrons. The third kappa shape index (κ3) is 9.34. The van der Waals surface area contributed by atoms with Gasteiger partial charge in [-0.3, -0.25) is 0 Å². The molecular formula is C20H18O4. The summed E-state index contributed by atoms with van der Waals surface area (Å²) in [6.45, 7) is 0.668. The van der Waals surface area contributed by atoms with Crippen LogP contribution < -0.4 is 0 Å². The Hall–Kier alpha value is -2.70. The molecule has 0 unspecified atom stereocenters. The van der Waals surface area contributed by atoms with E-state index in [2.05, 4.69) is 47.4 Å². The summed E-state index contributed by atoms with van der Waals surface area (Å²) in [5.74, 6) is 22.1. The summed E-state index contributed by atoms with van der Waals surface area (Å²) in [6.07, 6.45) is 0. The van der Waals surface area contributed by atoms with Crippen LogP contribution in [-0.4, -0.2) is 49.9 Å². The number of hydrogen-bond donors (Lipinski definition) is 2. The molecule has 0 fully saturated rings. The SMILES string of the molecule is OCC#CCOCC#Cc1ccccc1C#CCOCC#CCO. The van der Waals surface area contributed by atoms with E-state index < -0.39 is 0 Å². The average Bonchev–Trinajstić information content (AvgIpc) is 2.61. The maximum absolute atomic E-state index is 8.50. The molecule has 0 atom stereocenters. The Morgan fingerprint density at radius 2 is 1.04 bits per heavy atom. The molecule has 0 aliphatic heterocycles. The largest absolute Gasteiger partial charge is 0.384 e. The summed E-state index contributed by atoms with van der Waals surface area (Å²) in [7, 11) is 0. The molecule has 1 aromatic rings. The molecule has 0 bridgehead atoms. The lowest BCUT2D eigenvalue weighted by atomic mass is 10.1. The minimum atomic E-state index is -0.168. The summed E-state index contributed by atoms with van der Waals surface area (Å²) in [4.78, 5) is 0. The summed E-state index contributed by atoms with van der Waals surface area (Å²) in [5.41, 5.74) is 1.63. The first-order valence-electron chi connectivity index (χ1n) is 7.24. The number of aliphatic hydroxyl groups excluding tert-OH is 2. The Kier molecular flexibility index (Phi) is 11.2. The third-order valence-corrected chi connectivity index (χ3v) is 2.48. The van der Waals surface area contributed by atoms with Crippen molar-refractivity contribution in [2.45, 2.75) is 0 Å². The summed E-state index contributed by atoms with van der Waals surface area (Å²) >= 11 is 0. The van der Waals surface area contributed by atoms with Gasteiger partial charge >= 0.3 is 0 Å². The van der Waals surface area contributed by atoms with Gasteiger partial charge in [-0.05, 0) is 12.1 Å². The molecule has 0 aliphatic rings. The first-order valence-corrected chi connectivity index (χ1v) is 7.24. The van der Waals surface area contributed by atoms with E-state index in [4.69, 9.17) is 19.7 Å². The molecule has 0 amide bonds. The zero-order chi connectivity index (χ0) is 17.3. The molecule has 0 heterocycles. The quantitative estimate of drug-likeness (QED) is 0.623. The molecular weight excluding hydrogens is 304 g/mol. The first-order chi connectivity index (χ1) is 11.9. The predicted molar refractivity (Wildman–Crippen MR) is 91.6 cm³/mol. The highest BCUT2D eigenvalue weighted by molar-refractivity contribution is 5.50. The Balaban J connectivity index is 2.50. The Bertz CT molecular complexity index is 672. The maximum Gasteiger partial charge on any atom is 0.109 e. The smallest absolute Gasteiger partial charge is 0.109 e. The van der Waals surface area contributed by atoms with E-state index in [1.165, 1.54) is 0 Å². The number of aliphatic hydroxyl groups is 2. The van der Waals surface area contributed by atoms with Crippen LogP contribution in [0.3, 0.4) is 0 Å². The highest BCUT2D eigenvalue weighted by Gasteiger charge is 1.93. The highest BCUT2D eigenvalue weighted by Crippen LogP contribution is 2.05. The van der Waals surface area contributed by atoms with Gasteiger partial charge in [0.2, 0.25) is 0 Å². The minimum absolute atomic E-state index is 0.168. The molecule has 0 spiro atoms. The van der Waals surface area contributed by atoms with E-state index in [1.54, 1.807) is 0 Å². The molecule has 0 saturated carbocycles. The van der Waals surface area contributed by atoms with E-state index in [-0.39, 0.29) is 39.6 Å². The van der Waals surface area contributed by atoms with Crippen LogP contribution >= 0.6 is 0 Å². The topological polar surface area (TPSA) is 58.9 Å². The van der Waals surface area contributed by atoms with Crippen molar-refractivity contribution in [3.05, 3.63) is 35.4 Å². The maximum atomic E-state index is 8.50. The minimum Gasteiger partial charge on any atom is -0.384 e. The van der Waals surface area contributed by atoms with Crippen molar-refractivity contribution in [1.82, 2.24) is 0 Å². The molecule has 24 heavy (non-hydrogen) atoms. The molecule has 4 heteroatoms. The van der Waals surface area contributed by atoms with E-state index in [0.717, 1.165) is 11.1 Å². The van der Waals surface area contributed by atoms with E-state index >= 15 is 0 Å². The molecule has 1 aromatic carbocycles. The van der Waals surface area contributed by atoms with Crippen molar-refractivity contribution in [3.8, 4) is 47.4 Å². The average molecular weight is 322 g/mol. The molecule has 4 nitrogen and oxygen atoms in total. The van der Waals surface area contributed by atoms with Gasteiger partial charge in [-0.2, -0.15) is 0 Å². The third-order valence-electron chi connectivity index (χ3n) is 2.48. The van der Waals surface area contributed by atoms with Gasteiger partial charge < -0.3 is 19.7 Å². The van der Waals surface area contributed by atoms with Crippen molar-refractivity contribution in [2.24, 2.45) is 0 Å². The molecule has 1 rings (SSSR count). The zero-order valence-corrected chi connectivity index (χ0v) is 13.3. The van der Waals surface area contributed by atoms with Crippen LogP contribution in [0.1, 0.15) is 11.1 Å². The van der Waals surface area contributed by atoms with Gasteiger partial charge in [0.05, 0.1) is 0 Å². The second kappa shape index (κ2) is 13.9. The molecule has 0 aliphatic carbocycles.